The van der Waals surface area contributed by atoms with E-state index in [4.69, 9.17) is 10.5 Å². The van der Waals surface area contributed by atoms with E-state index >= 15 is 0 Å². The van der Waals surface area contributed by atoms with Crippen molar-refractivity contribution in [2.75, 3.05) is 7.11 Å². The fourth-order valence-electron chi connectivity index (χ4n) is 1.98. The van der Waals surface area contributed by atoms with Crippen LogP contribution in [0.3, 0.4) is 0 Å². The number of aromatic nitrogens is 1. The number of nitrogens with one attached hydrogen (secondary N) is 1. The third-order valence-electron chi connectivity index (χ3n) is 3.40. The van der Waals surface area contributed by atoms with Crippen molar-refractivity contribution in [1.29, 1.82) is 0 Å². The van der Waals surface area contributed by atoms with Gasteiger partial charge in [-0.15, -0.1) is 0 Å². The van der Waals surface area contributed by atoms with E-state index in [1.54, 1.807) is 20.2 Å². The van der Waals surface area contributed by atoms with E-state index < -0.39 is 5.54 Å². The molecule has 3 N–H and O–H groups in total. The van der Waals surface area contributed by atoms with Crippen LogP contribution in [-0.4, -0.2) is 23.5 Å². The Morgan fingerprint density at radius 3 is 3.00 bits per heavy atom. The molecule has 1 amide bonds. The summed E-state index contributed by atoms with van der Waals surface area (Å²) in [5.41, 5.74) is 6.12. The van der Waals surface area contributed by atoms with Crippen LogP contribution in [0.15, 0.2) is 18.3 Å². The van der Waals surface area contributed by atoms with Crippen molar-refractivity contribution in [2.24, 2.45) is 11.7 Å². The Morgan fingerprint density at radius 1 is 1.67 bits per heavy atom. The second-order valence-electron chi connectivity index (χ2n) is 4.91. The summed E-state index contributed by atoms with van der Waals surface area (Å²) in [7, 11) is 1.56. The highest BCUT2D eigenvalue weighted by Gasteiger charge is 2.43. The fourth-order valence-corrected chi connectivity index (χ4v) is 1.98. The Labute approximate surface area is 107 Å². The van der Waals surface area contributed by atoms with Gasteiger partial charge in [0, 0.05) is 18.3 Å². The van der Waals surface area contributed by atoms with E-state index in [0.29, 0.717) is 18.3 Å². The van der Waals surface area contributed by atoms with Crippen molar-refractivity contribution < 1.29 is 9.53 Å². The first-order valence-corrected chi connectivity index (χ1v) is 6.10. The Morgan fingerprint density at radius 2 is 2.39 bits per heavy atom. The van der Waals surface area contributed by atoms with Gasteiger partial charge in [0.05, 0.1) is 12.6 Å². The molecule has 5 heteroatoms. The molecule has 0 aromatic carbocycles. The minimum Gasteiger partial charge on any atom is -0.481 e. The lowest BCUT2D eigenvalue weighted by Crippen LogP contribution is -2.53. The van der Waals surface area contributed by atoms with Gasteiger partial charge in [-0.05, 0) is 31.7 Å². The molecule has 2 rings (SSSR count). The van der Waals surface area contributed by atoms with Gasteiger partial charge in [0.1, 0.15) is 0 Å². The molecule has 5 nitrogen and oxygen atoms in total. The van der Waals surface area contributed by atoms with Gasteiger partial charge in [0.15, 0.2) is 0 Å². The Hall–Kier alpha value is -1.62. The zero-order chi connectivity index (χ0) is 13.2. The van der Waals surface area contributed by atoms with Gasteiger partial charge < -0.3 is 15.8 Å². The van der Waals surface area contributed by atoms with Gasteiger partial charge in [-0.25, -0.2) is 4.98 Å². The molecule has 1 heterocycles. The molecule has 1 aliphatic rings. The number of amides is 1. The van der Waals surface area contributed by atoms with Gasteiger partial charge in [0.25, 0.3) is 0 Å². The third-order valence-corrected chi connectivity index (χ3v) is 3.40. The van der Waals surface area contributed by atoms with E-state index in [9.17, 15) is 4.79 Å². The van der Waals surface area contributed by atoms with Crippen molar-refractivity contribution in [3.05, 3.63) is 23.9 Å². The molecule has 0 radical (unpaired) electrons. The third kappa shape index (κ3) is 2.61. The van der Waals surface area contributed by atoms with Crippen molar-refractivity contribution >= 4 is 5.91 Å². The van der Waals surface area contributed by atoms with Crippen LogP contribution in [0.4, 0.5) is 0 Å². The van der Waals surface area contributed by atoms with Gasteiger partial charge in [-0.3, -0.25) is 4.79 Å². The Kier molecular flexibility index (Phi) is 3.52. The number of hydrogen-bond acceptors (Lipinski definition) is 4. The predicted octanol–water partition coefficient (Wildman–Crippen LogP) is 0.834. The van der Waals surface area contributed by atoms with Gasteiger partial charge in [-0.1, -0.05) is 6.07 Å². The highest BCUT2D eigenvalue weighted by Crippen LogP contribution is 2.38. The summed E-state index contributed by atoms with van der Waals surface area (Å²) in [6, 6.07) is 3.68. The lowest BCUT2D eigenvalue weighted by Gasteiger charge is -2.23. The van der Waals surface area contributed by atoms with Crippen LogP contribution in [0.1, 0.15) is 25.3 Å². The number of rotatable bonds is 5. The smallest absolute Gasteiger partial charge is 0.240 e. The minimum absolute atomic E-state index is 0.115. The number of hydrogen-bond donors (Lipinski definition) is 2. The molecule has 18 heavy (non-hydrogen) atoms. The summed E-state index contributed by atoms with van der Waals surface area (Å²) in [5, 5.41) is 2.85. The number of nitrogens with zero attached hydrogens (tertiary/aromatic N) is 1. The maximum Gasteiger partial charge on any atom is 0.240 e. The molecule has 1 unspecified atom stereocenters. The summed E-state index contributed by atoms with van der Waals surface area (Å²) in [4.78, 5) is 16.1. The monoisotopic (exact) mass is 249 g/mol. The summed E-state index contributed by atoms with van der Waals surface area (Å²) < 4.78 is 5.13. The van der Waals surface area contributed by atoms with Crippen LogP contribution in [0, 0.1) is 5.92 Å². The van der Waals surface area contributed by atoms with Crippen LogP contribution < -0.4 is 15.8 Å². The standard InChI is InChI=1S/C13H19N3O2/c1-13(14,10-5-6-10)12(17)16-8-9-4-3-7-15-11(9)18-2/h3-4,7,10H,5-6,8,14H2,1-2H3,(H,16,17). The molecular weight excluding hydrogens is 230 g/mol. The lowest BCUT2D eigenvalue weighted by molar-refractivity contribution is -0.126. The van der Waals surface area contributed by atoms with Gasteiger partial charge in [-0.2, -0.15) is 0 Å². The fraction of sp³-hybridized carbons (Fsp3) is 0.538. The molecule has 98 valence electrons. The number of methoxy groups -OCH3 is 1. The summed E-state index contributed by atoms with van der Waals surface area (Å²) in [6.45, 7) is 2.18. The molecule has 0 spiro atoms. The first-order valence-electron chi connectivity index (χ1n) is 6.10. The van der Waals surface area contributed by atoms with Crippen molar-refractivity contribution in [1.82, 2.24) is 10.3 Å². The normalized spacial score (nSPS) is 17.9. The number of carbonyl (C=O) groups is 1. The number of ether oxygens (including phenoxy) is 1. The molecule has 1 aromatic rings. The second kappa shape index (κ2) is 4.94. The zero-order valence-corrected chi connectivity index (χ0v) is 10.8. The quantitative estimate of drug-likeness (QED) is 0.810. The summed E-state index contributed by atoms with van der Waals surface area (Å²) >= 11 is 0. The molecule has 1 aliphatic carbocycles. The summed E-state index contributed by atoms with van der Waals surface area (Å²) in [6.07, 6.45) is 3.73. The van der Waals surface area contributed by atoms with Gasteiger partial charge in [0.2, 0.25) is 11.8 Å². The van der Waals surface area contributed by atoms with Crippen LogP contribution in [0.25, 0.3) is 0 Å². The zero-order valence-electron chi connectivity index (χ0n) is 10.8. The van der Waals surface area contributed by atoms with Crippen molar-refractivity contribution in [3.63, 3.8) is 0 Å². The average Bonchev–Trinajstić information content (AvgIpc) is 3.20. The first-order chi connectivity index (χ1) is 8.55. The molecule has 1 atom stereocenters. The largest absolute Gasteiger partial charge is 0.481 e. The van der Waals surface area contributed by atoms with Crippen LogP contribution in [-0.2, 0) is 11.3 Å². The van der Waals surface area contributed by atoms with Crippen molar-refractivity contribution in [2.45, 2.75) is 31.8 Å². The highest BCUT2D eigenvalue weighted by atomic mass is 16.5. The summed E-state index contributed by atoms with van der Waals surface area (Å²) in [5.74, 6) is 0.729. The topological polar surface area (TPSA) is 77.2 Å². The maximum atomic E-state index is 12.0. The molecule has 1 fully saturated rings. The minimum atomic E-state index is -0.768. The lowest BCUT2D eigenvalue weighted by atomic mass is 9.96. The first kappa shape index (κ1) is 12.8. The number of nitrogens with two attached hydrogens (primary N) is 1. The number of carbonyl (C=O) groups excluding carboxylic acids is 1. The molecule has 0 bridgehead atoms. The van der Waals surface area contributed by atoms with Crippen LogP contribution in [0.5, 0.6) is 5.88 Å². The van der Waals surface area contributed by atoms with Crippen LogP contribution in [0.2, 0.25) is 0 Å². The average molecular weight is 249 g/mol. The molecule has 1 saturated carbocycles. The van der Waals surface area contributed by atoms with E-state index in [0.717, 1.165) is 18.4 Å². The van der Waals surface area contributed by atoms with Crippen molar-refractivity contribution in [3.8, 4) is 5.88 Å². The molecule has 0 aliphatic heterocycles. The Bertz CT molecular complexity index is 442. The van der Waals surface area contributed by atoms with Gasteiger partial charge >= 0.3 is 0 Å². The molecule has 0 saturated heterocycles. The molecule has 1 aromatic heterocycles. The highest BCUT2D eigenvalue weighted by molar-refractivity contribution is 5.86. The maximum absolute atomic E-state index is 12.0. The molecular formula is C13H19N3O2. The SMILES string of the molecule is COc1ncccc1CNC(=O)C(C)(N)C1CC1. The van der Waals surface area contributed by atoms with Crippen LogP contribution >= 0.6 is 0 Å². The van der Waals surface area contributed by atoms with E-state index in [1.165, 1.54) is 0 Å². The predicted molar refractivity (Wildman–Crippen MR) is 68.0 cm³/mol. The van der Waals surface area contributed by atoms with E-state index in [1.807, 2.05) is 12.1 Å². The van der Waals surface area contributed by atoms with E-state index in [-0.39, 0.29) is 5.91 Å². The Balaban J connectivity index is 1.97. The number of pyridine rings is 1. The second-order valence-corrected chi connectivity index (χ2v) is 4.91. The van der Waals surface area contributed by atoms with E-state index in [2.05, 4.69) is 10.3 Å².